The van der Waals surface area contributed by atoms with Gasteiger partial charge in [0.1, 0.15) is 6.07 Å². The molecule has 0 bridgehead atoms. The van der Waals surface area contributed by atoms with Gasteiger partial charge in [-0.05, 0) is 18.2 Å². The normalized spacial score (nSPS) is 10.7. The third-order valence-corrected chi connectivity index (χ3v) is 2.56. The fourth-order valence-electron chi connectivity index (χ4n) is 1.38. The predicted octanol–water partition coefficient (Wildman–Crippen LogP) is 2.27. The maximum Gasteiger partial charge on any atom is 0.350 e. The minimum absolute atomic E-state index is 0.0880. The molecule has 1 aromatic carbocycles. The van der Waals surface area contributed by atoms with Crippen LogP contribution in [0.15, 0.2) is 36.0 Å². The lowest BCUT2D eigenvalue weighted by atomic mass is 10.2. The van der Waals surface area contributed by atoms with Gasteiger partial charge in [0.25, 0.3) is 0 Å². The molecule has 110 valence electrons. The molecule has 1 rings (SSSR count). The molecule has 6 heteroatoms. The molecule has 6 nitrogen and oxygen atoms in total. The number of ether oxygens (including phenoxy) is 1. The Labute approximate surface area is 123 Å². The molecule has 0 fully saturated rings. The Morgan fingerprint density at radius 1 is 1.33 bits per heavy atom. The summed E-state index contributed by atoms with van der Waals surface area (Å²) in [5.74, 6) is -0.921. The van der Waals surface area contributed by atoms with E-state index in [4.69, 9.17) is 5.26 Å². The lowest BCUT2D eigenvalue weighted by Gasteiger charge is -2.09. The highest BCUT2D eigenvalue weighted by molar-refractivity contribution is 5.93. The van der Waals surface area contributed by atoms with Gasteiger partial charge in [0.05, 0.1) is 7.11 Å². The highest BCUT2D eigenvalue weighted by Crippen LogP contribution is 2.16. The summed E-state index contributed by atoms with van der Waals surface area (Å²) in [4.78, 5) is 22.9. The summed E-state index contributed by atoms with van der Waals surface area (Å²) in [5.41, 5.74) is 1.12. The molecule has 2 N–H and O–H groups in total. The van der Waals surface area contributed by atoms with E-state index in [0.29, 0.717) is 11.4 Å². The van der Waals surface area contributed by atoms with Crippen molar-refractivity contribution in [3.63, 3.8) is 0 Å². The average Bonchev–Trinajstić information content (AvgIpc) is 2.47. The molecule has 0 aliphatic rings. The number of methoxy groups -OCH3 is 1. The van der Waals surface area contributed by atoms with Crippen LogP contribution in [0.3, 0.4) is 0 Å². The molecule has 0 spiro atoms. The number of amides is 1. The van der Waals surface area contributed by atoms with Crippen LogP contribution in [-0.4, -0.2) is 19.0 Å². The number of hydrogen-bond donors (Lipinski definition) is 2. The number of esters is 1. The molecule has 1 aromatic rings. The minimum Gasteiger partial charge on any atom is -0.465 e. The highest BCUT2D eigenvalue weighted by atomic mass is 16.5. The van der Waals surface area contributed by atoms with Crippen molar-refractivity contribution in [1.82, 2.24) is 0 Å². The van der Waals surface area contributed by atoms with Crippen LogP contribution in [0.5, 0.6) is 0 Å². The summed E-state index contributed by atoms with van der Waals surface area (Å²) in [6, 6.07) is 8.68. The first-order valence-electron chi connectivity index (χ1n) is 6.34. The van der Waals surface area contributed by atoms with E-state index >= 15 is 0 Å². The summed E-state index contributed by atoms with van der Waals surface area (Å²) < 4.78 is 4.47. The molecule has 0 heterocycles. The Hall–Kier alpha value is -2.81. The number of rotatable bonds is 5. The molecule has 0 aliphatic carbocycles. The van der Waals surface area contributed by atoms with Crippen LogP contribution < -0.4 is 10.6 Å². The van der Waals surface area contributed by atoms with Crippen molar-refractivity contribution in [3.05, 3.63) is 36.0 Å². The van der Waals surface area contributed by atoms with Gasteiger partial charge in [0, 0.05) is 23.5 Å². The molecule has 21 heavy (non-hydrogen) atoms. The van der Waals surface area contributed by atoms with Crippen LogP contribution in [-0.2, 0) is 14.3 Å². The molecule has 0 aliphatic heterocycles. The van der Waals surface area contributed by atoms with Gasteiger partial charge in [0.15, 0.2) is 5.57 Å². The quantitative estimate of drug-likeness (QED) is 0.492. The maximum absolute atomic E-state index is 11.6. The minimum atomic E-state index is -0.714. The van der Waals surface area contributed by atoms with Gasteiger partial charge >= 0.3 is 5.97 Å². The van der Waals surface area contributed by atoms with E-state index in [9.17, 15) is 9.59 Å². The summed E-state index contributed by atoms with van der Waals surface area (Å²) >= 11 is 0. The van der Waals surface area contributed by atoms with Gasteiger partial charge in [-0.15, -0.1) is 0 Å². The van der Waals surface area contributed by atoms with E-state index in [1.165, 1.54) is 13.3 Å². The van der Waals surface area contributed by atoms with Crippen molar-refractivity contribution in [1.29, 1.82) is 5.26 Å². The largest absolute Gasteiger partial charge is 0.465 e. The monoisotopic (exact) mass is 287 g/mol. The van der Waals surface area contributed by atoms with Gasteiger partial charge in [-0.1, -0.05) is 19.9 Å². The zero-order valence-corrected chi connectivity index (χ0v) is 12.1. The molecular weight excluding hydrogens is 270 g/mol. The zero-order valence-electron chi connectivity index (χ0n) is 12.1. The van der Waals surface area contributed by atoms with Crippen molar-refractivity contribution in [3.8, 4) is 6.07 Å². The second kappa shape index (κ2) is 7.70. The van der Waals surface area contributed by atoms with Crippen molar-refractivity contribution in [2.45, 2.75) is 13.8 Å². The third kappa shape index (κ3) is 4.99. The molecule has 0 radical (unpaired) electrons. The van der Waals surface area contributed by atoms with Crippen LogP contribution in [0.4, 0.5) is 11.4 Å². The van der Waals surface area contributed by atoms with Crippen LogP contribution >= 0.6 is 0 Å². The Kier molecular flexibility index (Phi) is 5.96. The van der Waals surface area contributed by atoms with Crippen LogP contribution in [0.25, 0.3) is 0 Å². The second-order valence-electron chi connectivity index (χ2n) is 4.53. The SMILES string of the molecule is COC(=O)/C(C#N)=C\Nc1cccc(NC(=O)C(C)C)c1. The Morgan fingerprint density at radius 3 is 2.57 bits per heavy atom. The van der Waals surface area contributed by atoms with Gasteiger partial charge < -0.3 is 15.4 Å². The number of benzene rings is 1. The van der Waals surface area contributed by atoms with E-state index in [2.05, 4.69) is 15.4 Å². The van der Waals surface area contributed by atoms with Crippen LogP contribution in [0, 0.1) is 17.2 Å². The number of hydrogen-bond acceptors (Lipinski definition) is 5. The Morgan fingerprint density at radius 2 is 2.00 bits per heavy atom. The lowest BCUT2D eigenvalue weighted by molar-refractivity contribution is -0.135. The van der Waals surface area contributed by atoms with Crippen molar-refractivity contribution in [2.24, 2.45) is 5.92 Å². The van der Waals surface area contributed by atoms with E-state index in [1.54, 1.807) is 44.2 Å². The zero-order chi connectivity index (χ0) is 15.8. The smallest absolute Gasteiger partial charge is 0.350 e. The number of carbonyl (C=O) groups excluding carboxylic acids is 2. The first kappa shape index (κ1) is 16.2. The molecule has 0 saturated heterocycles. The summed E-state index contributed by atoms with van der Waals surface area (Å²) in [7, 11) is 1.20. The van der Waals surface area contributed by atoms with Crippen LogP contribution in [0.1, 0.15) is 13.8 Å². The summed E-state index contributed by atoms with van der Waals surface area (Å²) in [6.45, 7) is 3.60. The standard InChI is InChI=1S/C15H17N3O3/c1-10(2)14(19)18-13-6-4-5-12(7-13)17-9-11(8-16)15(20)21-3/h4-7,9-10,17H,1-3H3,(H,18,19)/b11-9-. The van der Waals surface area contributed by atoms with E-state index in [0.717, 1.165) is 0 Å². The number of nitrogens with one attached hydrogen (secondary N) is 2. The predicted molar refractivity (Wildman–Crippen MR) is 79.2 cm³/mol. The molecule has 1 amide bonds. The molecule has 0 atom stereocenters. The number of carbonyl (C=O) groups is 2. The number of anilines is 2. The number of nitrogens with zero attached hydrogens (tertiary/aromatic N) is 1. The highest BCUT2D eigenvalue weighted by Gasteiger charge is 2.09. The molecule has 0 saturated carbocycles. The van der Waals surface area contributed by atoms with E-state index in [-0.39, 0.29) is 17.4 Å². The first-order valence-corrected chi connectivity index (χ1v) is 6.34. The fraction of sp³-hybridized carbons (Fsp3) is 0.267. The summed E-state index contributed by atoms with van der Waals surface area (Å²) in [5, 5.41) is 14.4. The third-order valence-electron chi connectivity index (χ3n) is 2.56. The maximum atomic E-state index is 11.6. The van der Waals surface area contributed by atoms with Crippen molar-refractivity contribution < 1.29 is 14.3 Å². The average molecular weight is 287 g/mol. The van der Waals surface area contributed by atoms with E-state index < -0.39 is 5.97 Å². The first-order chi connectivity index (χ1) is 9.97. The second-order valence-corrected chi connectivity index (χ2v) is 4.53. The van der Waals surface area contributed by atoms with Crippen molar-refractivity contribution in [2.75, 3.05) is 17.7 Å². The van der Waals surface area contributed by atoms with Crippen LogP contribution in [0.2, 0.25) is 0 Å². The molecule has 0 aromatic heterocycles. The Balaban J connectivity index is 2.82. The lowest BCUT2D eigenvalue weighted by Crippen LogP contribution is -2.17. The van der Waals surface area contributed by atoms with Gasteiger partial charge in [-0.2, -0.15) is 5.26 Å². The van der Waals surface area contributed by atoms with E-state index in [1.807, 2.05) is 0 Å². The van der Waals surface area contributed by atoms with Gasteiger partial charge in [-0.25, -0.2) is 4.79 Å². The topological polar surface area (TPSA) is 91.2 Å². The Bertz CT molecular complexity index is 600. The fourth-order valence-corrected chi connectivity index (χ4v) is 1.38. The molecular formula is C15H17N3O3. The number of nitriles is 1. The van der Waals surface area contributed by atoms with Gasteiger partial charge in [-0.3, -0.25) is 4.79 Å². The molecule has 0 unspecified atom stereocenters. The summed E-state index contributed by atoms with van der Waals surface area (Å²) in [6.07, 6.45) is 1.26. The van der Waals surface area contributed by atoms with Crippen molar-refractivity contribution >= 4 is 23.3 Å². The van der Waals surface area contributed by atoms with Gasteiger partial charge in [0.2, 0.25) is 5.91 Å².